The number of nitrogens with zero attached hydrogens (tertiary/aromatic N) is 4. The van der Waals surface area contributed by atoms with E-state index in [1.165, 1.54) is 5.56 Å². The molecule has 1 saturated heterocycles. The lowest BCUT2D eigenvalue weighted by molar-refractivity contribution is 0.174. The molecule has 0 aliphatic carbocycles. The standard InChI is InChI=1S/C12H21N5S/c1-3-13-12(18)17-6-4-16(5-7-17)10-11-8-14-15(2)9-11/h8-9H,3-7,10H2,1-2H3,(H,13,18). The Hall–Kier alpha value is -1.14. The van der Waals surface area contributed by atoms with Crippen LogP contribution in [0.2, 0.25) is 0 Å². The first kappa shape index (κ1) is 13.3. The van der Waals surface area contributed by atoms with E-state index < -0.39 is 0 Å². The van der Waals surface area contributed by atoms with Crippen LogP contribution in [0.15, 0.2) is 12.4 Å². The van der Waals surface area contributed by atoms with Crippen LogP contribution in [-0.2, 0) is 13.6 Å². The highest BCUT2D eigenvalue weighted by Crippen LogP contribution is 2.07. The number of hydrogen-bond donors (Lipinski definition) is 1. The van der Waals surface area contributed by atoms with E-state index in [0.717, 1.165) is 44.4 Å². The second-order valence-electron chi connectivity index (χ2n) is 4.62. The second kappa shape index (κ2) is 6.15. The van der Waals surface area contributed by atoms with E-state index in [1.54, 1.807) is 0 Å². The fourth-order valence-electron chi connectivity index (χ4n) is 2.18. The first-order valence-corrected chi connectivity index (χ1v) is 6.82. The second-order valence-corrected chi connectivity index (χ2v) is 5.01. The highest BCUT2D eigenvalue weighted by atomic mass is 32.1. The highest BCUT2D eigenvalue weighted by molar-refractivity contribution is 7.80. The van der Waals surface area contributed by atoms with Crippen molar-refractivity contribution in [2.45, 2.75) is 13.5 Å². The molecule has 18 heavy (non-hydrogen) atoms. The first-order valence-electron chi connectivity index (χ1n) is 6.41. The monoisotopic (exact) mass is 267 g/mol. The average Bonchev–Trinajstić information content (AvgIpc) is 2.76. The molecule has 0 radical (unpaired) electrons. The molecule has 1 aliphatic rings. The van der Waals surface area contributed by atoms with Crippen LogP contribution in [0.1, 0.15) is 12.5 Å². The molecule has 1 aromatic heterocycles. The third-order valence-electron chi connectivity index (χ3n) is 3.15. The van der Waals surface area contributed by atoms with Crippen LogP contribution >= 0.6 is 12.2 Å². The van der Waals surface area contributed by atoms with E-state index in [1.807, 2.05) is 17.9 Å². The lowest BCUT2D eigenvalue weighted by atomic mass is 10.2. The lowest BCUT2D eigenvalue weighted by Gasteiger charge is -2.35. The van der Waals surface area contributed by atoms with Gasteiger partial charge in [0, 0.05) is 58.1 Å². The Morgan fingerprint density at radius 1 is 1.39 bits per heavy atom. The third kappa shape index (κ3) is 3.43. The van der Waals surface area contributed by atoms with Crippen molar-refractivity contribution in [1.82, 2.24) is 24.9 Å². The fraction of sp³-hybridized carbons (Fsp3) is 0.667. The molecule has 6 heteroatoms. The van der Waals surface area contributed by atoms with Crippen LogP contribution < -0.4 is 5.32 Å². The van der Waals surface area contributed by atoms with E-state index in [-0.39, 0.29) is 0 Å². The summed E-state index contributed by atoms with van der Waals surface area (Å²) in [7, 11) is 1.95. The largest absolute Gasteiger partial charge is 0.363 e. The summed E-state index contributed by atoms with van der Waals surface area (Å²) in [4.78, 5) is 4.70. The summed E-state index contributed by atoms with van der Waals surface area (Å²) in [6.45, 7) is 8.08. The summed E-state index contributed by atoms with van der Waals surface area (Å²) >= 11 is 5.33. The molecule has 100 valence electrons. The van der Waals surface area contributed by atoms with Gasteiger partial charge in [-0.1, -0.05) is 0 Å². The first-order chi connectivity index (χ1) is 8.69. The third-order valence-corrected chi connectivity index (χ3v) is 3.55. The molecule has 1 N–H and O–H groups in total. The van der Waals surface area contributed by atoms with Crippen molar-refractivity contribution in [3.05, 3.63) is 18.0 Å². The van der Waals surface area contributed by atoms with Crippen molar-refractivity contribution >= 4 is 17.3 Å². The van der Waals surface area contributed by atoms with Crippen LogP contribution in [0.5, 0.6) is 0 Å². The quantitative estimate of drug-likeness (QED) is 0.804. The van der Waals surface area contributed by atoms with Crippen molar-refractivity contribution in [3.63, 3.8) is 0 Å². The fourth-order valence-corrected chi connectivity index (χ4v) is 2.51. The molecular formula is C12H21N5S. The minimum absolute atomic E-state index is 0.888. The number of aryl methyl sites for hydroxylation is 1. The Kier molecular flexibility index (Phi) is 4.54. The van der Waals surface area contributed by atoms with E-state index in [2.05, 4.69) is 33.3 Å². The summed E-state index contributed by atoms with van der Waals surface area (Å²) in [5.41, 5.74) is 1.28. The predicted molar refractivity (Wildman–Crippen MR) is 76.3 cm³/mol. The topological polar surface area (TPSA) is 36.3 Å². The highest BCUT2D eigenvalue weighted by Gasteiger charge is 2.18. The van der Waals surface area contributed by atoms with Crippen molar-refractivity contribution in [1.29, 1.82) is 0 Å². The van der Waals surface area contributed by atoms with Gasteiger partial charge in [-0.25, -0.2) is 0 Å². The van der Waals surface area contributed by atoms with Gasteiger partial charge in [0.1, 0.15) is 0 Å². The van der Waals surface area contributed by atoms with Crippen LogP contribution in [0.4, 0.5) is 0 Å². The van der Waals surface area contributed by atoms with Gasteiger partial charge in [0.05, 0.1) is 6.20 Å². The number of thiocarbonyl (C=S) groups is 1. The smallest absolute Gasteiger partial charge is 0.169 e. The number of piperazine rings is 1. The van der Waals surface area contributed by atoms with E-state index in [0.29, 0.717) is 0 Å². The van der Waals surface area contributed by atoms with Gasteiger partial charge in [-0.05, 0) is 19.1 Å². The van der Waals surface area contributed by atoms with E-state index >= 15 is 0 Å². The van der Waals surface area contributed by atoms with Crippen LogP contribution in [-0.4, -0.2) is 57.4 Å². The number of aromatic nitrogens is 2. The van der Waals surface area contributed by atoms with Gasteiger partial charge in [-0.15, -0.1) is 0 Å². The lowest BCUT2D eigenvalue weighted by Crippen LogP contribution is -2.51. The summed E-state index contributed by atoms with van der Waals surface area (Å²) in [6, 6.07) is 0. The summed E-state index contributed by atoms with van der Waals surface area (Å²) in [6.07, 6.45) is 4.02. The molecule has 0 saturated carbocycles. The maximum absolute atomic E-state index is 5.33. The normalized spacial score (nSPS) is 16.9. The zero-order valence-electron chi connectivity index (χ0n) is 11.1. The number of nitrogens with one attached hydrogen (secondary N) is 1. The molecule has 2 heterocycles. The molecule has 0 unspecified atom stereocenters. The van der Waals surface area contributed by atoms with Gasteiger partial charge in [0.25, 0.3) is 0 Å². The van der Waals surface area contributed by atoms with Gasteiger partial charge < -0.3 is 10.2 Å². The Balaban J connectivity index is 1.78. The van der Waals surface area contributed by atoms with E-state index in [4.69, 9.17) is 12.2 Å². The Bertz CT molecular complexity index is 395. The Labute approximate surface area is 114 Å². The average molecular weight is 267 g/mol. The molecule has 0 spiro atoms. The number of hydrogen-bond acceptors (Lipinski definition) is 3. The van der Waals surface area contributed by atoms with Crippen molar-refractivity contribution in [2.75, 3.05) is 32.7 Å². The van der Waals surface area contributed by atoms with Crippen molar-refractivity contribution in [3.8, 4) is 0 Å². The van der Waals surface area contributed by atoms with Gasteiger partial charge in [-0.3, -0.25) is 9.58 Å². The van der Waals surface area contributed by atoms with Crippen molar-refractivity contribution in [2.24, 2.45) is 7.05 Å². The molecule has 2 rings (SSSR count). The molecular weight excluding hydrogens is 246 g/mol. The Morgan fingerprint density at radius 3 is 2.67 bits per heavy atom. The molecule has 0 aromatic carbocycles. The maximum atomic E-state index is 5.33. The van der Waals surface area contributed by atoms with Crippen LogP contribution in [0.3, 0.4) is 0 Å². The molecule has 0 amide bonds. The van der Waals surface area contributed by atoms with Gasteiger partial charge in [0.15, 0.2) is 5.11 Å². The molecule has 0 atom stereocenters. The van der Waals surface area contributed by atoms with E-state index in [9.17, 15) is 0 Å². The summed E-state index contributed by atoms with van der Waals surface area (Å²) in [5.74, 6) is 0. The van der Waals surface area contributed by atoms with Crippen LogP contribution in [0, 0.1) is 0 Å². The maximum Gasteiger partial charge on any atom is 0.169 e. The number of rotatable bonds is 3. The minimum Gasteiger partial charge on any atom is -0.363 e. The molecule has 1 fully saturated rings. The molecule has 0 bridgehead atoms. The summed E-state index contributed by atoms with van der Waals surface area (Å²) < 4.78 is 1.85. The zero-order chi connectivity index (χ0) is 13.0. The molecule has 1 aromatic rings. The molecule has 1 aliphatic heterocycles. The Morgan fingerprint density at radius 2 is 2.11 bits per heavy atom. The van der Waals surface area contributed by atoms with Crippen molar-refractivity contribution < 1.29 is 0 Å². The molecule has 5 nitrogen and oxygen atoms in total. The van der Waals surface area contributed by atoms with Gasteiger partial charge >= 0.3 is 0 Å². The summed E-state index contributed by atoms with van der Waals surface area (Å²) in [5, 5.41) is 8.29. The zero-order valence-corrected chi connectivity index (χ0v) is 11.9. The van der Waals surface area contributed by atoms with Crippen LogP contribution in [0.25, 0.3) is 0 Å². The predicted octanol–water partition coefficient (Wildman–Crippen LogP) is 0.432. The van der Waals surface area contributed by atoms with Gasteiger partial charge in [0.2, 0.25) is 0 Å². The minimum atomic E-state index is 0.888. The van der Waals surface area contributed by atoms with Gasteiger partial charge in [-0.2, -0.15) is 5.10 Å². The SMILES string of the molecule is CCNC(=S)N1CCN(Cc2cnn(C)c2)CC1.